The Morgan fingerprint density at radius 3 is 2.40 bits per heavy atom. The van der Waals surface area contributed by atoms with Crippen LogP contribution in [0.4, 0.5) is 0 Å². The molecule has 0 amide bonds. The van der Waals surface area contributed by atoms with Crippen LogP contribution in [-0.2, 0) is 11.8 Å². The molecule has 0 spiro atoms. The molecule has 3 nitrogen and oxygen atoms in total. The quantitative estimate of drug-likeness (QED) is 0.587. The van der Waals surface area contributed by atoms with Gasteiger partial charge < -0.3 is 4.57 Å². The van der Waals surface area contributed by atoms with E-state index in [4.69, 9.17) is 0 Å². The Labute approximate surface area is 100 Å². The highest BCUT2D eigenvalue weighted by atomic mass is 79.9. The van der Waals surface area contributed by atoms with E-state index in [1.165, 1.54) is 19.3 Å². The van der Waals surface area contributed by atoms with Gasteiger partial charge in [-0.25, -0.2) is 0 Å². The van der Waals surface area contributed by atoms with Crippen molar-refractivity contribution in [3.63, 3.8) is 0 Å². The van der Waals surface area contributed by atoms with Gasteiger partial charge in [0.25, 0.3) is 0 Å². The van der Waals surface area contributed by atoms with E-state index in [-0.39, 0.29) is 0 Å². The molecule has 1 aromatic heterocycles. The molecule has 0 saturated heterocycles. The number of alkyl halides is 1. The lowest BCUT2D eigenvalue weighted by Gasteiger charge is -2.12. The average Bonchev–Trinajstić information content (AvgIpc) is 2.61. The van der Waals surface area contributed by atoms with Gasteiger partial charge >= 0.3 is 0 Å². The molecule has 0 N–H and O–H groups in total. The van der Waals surface area contributed by atoms with Crippen LogP contribution in [0.5, 0.6) is 0 Å². The molecule has 0 atom stereocenters. The van der Waals surface area contributed by atoms with E-state index >= 15 is 0 Å². The Morgan fingerprint density at radius 2 is 1.87 bits per heavy atom. The van der Waals surface area contributed by atoms with Crippen LogP contribution in [0.3, 0.4) is 0 Å². The van der Waals surface area contributed by atoms with Gasteiger partial charge in [-0.3, -0.25) is 0 Å². The number of unbranched alkanes of at least 4 members (excludes halogenated alkanes) is 2. The summed E-state index contributed by atoms with van der Waals surface area (Å²) in [6.07, 6.45) is 4.78. The summed E-state index contributed by atoms with van der Waals surface area (Å²) in [5, 5.41) is 9.25. The van der Waals surface area contributed by atoms with Gasteiger partial charge in [-0.05, 0) is 20.3 Å². The van der Waals surface area contributed by atoms with Crippen LogP contribution in [0.25, 0.3) is 0 Å². The standard InChI is InChI=1S/C11H20BrN3/c1-4-5-6-7-10-13-14-11(8-12)15(10)9(2)3/h9H,4-8H2,1-3H3. The lowest BCUT2D eigenvalue weighted by Crippen LogP contribution is -2.09. The first kappa shape index (κ1) is 12.7. The molecule has 0 radical (unpaired) electrons. The van der Waals surface area contributed by atoms with Gasteiger partial charge in [-0.1, -0.05) is 35.7 Å². The minimum atomic E-state index is 0.448. The number of aryl methyl sites for hydroxylation is 1. The molecule has 0 aliphatic heterocycles. The summed E-state index contributed by atoms with van der Waals surface area (Å²) in [5.74, 6) is 2.17. The largest absolute Gasteiger partial charge is 0.312 e. The number of hydrogen-bond donors (Lipinski definition) is 0. The van der Waals surface area contributed by atoms with Crippen molar-refractivity contribution in [2.45, 2.75) is 57.8 Å². The molecule has 1 aromatic rings. The molecule has 15 heavy (non-hydrogen) atoms. The summed E-state index contributed by atoms with van der Waals surface area (Å²) in [7, 11) is 0. The van der Waals surface area contributed by atoms with Gasteiger partial charge in [0, 0.05) is 12.5 Å². The van der Waals surface area contributed by atoms with Gasteiger partial charge in [0.1, 0.15) is 11.6 Å². The molecule has 0 aliphatic carbocycles. The molecule has 4 heteroatoms. The molecule has 1 rings (SSSR count). The number of rotatable bonds is 6. The number of aromatic nitrogens is 3. The van der Waals surface area contributed by atoms with Crippen molar-refractivity contribution in [1.82, 2.24) is 14.8 Å². The Bertz CT molecular complexity index is 294. The molecular weight excluding hydrogens is 254 g/mol. The van der Waals surface area contributed by atoms with Gasteiger partial charge in [-0.2, -0.15) is 0 Å². The van der Waals surface area contributed by atoms with Crippen LogP contribution in [0.1, 0.15) is 57.7 Å². The molecular formula is C11H20BrN3. The summed E-state index contributed by atoms with van der Waals surface area (Å²) in [5.41, 5.74) is 0. The maximum Gasteiger partial charge on any atom is 0.143 e. The molecule has 0 saturated carbocycles. The molecule has 0 fully saturated rings. The monoisotopic (exact) mass is 273 g/mol. The average molecular weight is 274 g/mol. The van der Waals surface area contributed by atoms with Crippen LogP contribution < -0.4 is 0 Å². The summed E-state index contributed by atoms with van der Waals surface area (Å²) in [6, 6.07) is 0.448. The first-order chi connectivity index (χ1) is 7.20. The van der Waals surface area contributed by atoms with Gasteiger partial charge in [0.15, 0.2) is 0 Å². The maximum atomic E-state index is 4.26. The summed E-state index contributed by atoms with van der Waals surface area (Å²) < 4.78 is 2.24. The van der Waals surface area contributed by atoms with Crippen molar-refractivity contribution in [2.24, 2.45) is 0 Å². The smallest absolute Gasteiger partial charge is 0.143 e. The lowest BCUT2D eigenvalue weighted by atomic mass is 10.2. The fourth-order valence-corrected chi connectivity index (χ4v) is 2.13. The van der Waals surface area contributed by atoms with Gasteiger partial charge in [0.2, 0.25) is 0 Å². The van der Waals surface area contributed by atoms with Gasteiger partial charge in [-0.15, -0.1) is 10.2 Å². The topological polar surface area (TPSA) is 30.7 Å². The molecule has 0 aliphatic rings. The Hall–Kier alpha value is -0.380. The van der Waals surface area contributed by atoms with E-state index in [1.807, 2.05) is 0 Å². The molecule has 1 heterocycles. The second-order valence-corrected chi connectivity index (χ2v) is 4.65. The van der Waals surface area contributed by atoms with Crippen molar-refractivity contribution < 1.29 is 0 Å². The van der Waals surface area contributed by atoms with Crippen LogP contribution in [-0.4, -0.2) is 14.8 Å². The fraction of sp³-hybridized carbons (Fsp3) is 0.818. The zero-order valence-electron chi connectivity index (χ0n) is 9.83. The van der Waals surface area contributed by atoms with E-state index in [0.717, 1.165) is 23.4 Å². The lowest BCUT2D eigenvalue weighted by molar-refractivity contribution is 0.542. The van der Waals surface area contributed by atoms with E-state index in [0.29, 0.717) is 6.04 Å². The Balaban J connectivity index is 2.73. The molecule has 86 valence electrons. The Morgan fingerprint density at radius 1 is 1.20 bits per heavy atom. The fourth-order valence-electron chi connectivity index (χ4n) is 1.75. The van der Waals surface area contributed by atoms with Crippen molar-refractivity contribution >= 4 is 15.9 Å². The Kier molecular flexibility index (Phi) is 5.29. The summed E-state index contributed by atoms with van der Waals surface area (Å²) in [6.45, 7) is 6.58. The predicted molar refractivity (Wildman–Crippen MR) is 66.3 cm³/mol. The van der Waals surface area contributed by atoms with Crippen LogP contribution in [0, 0.1) is 0 Å². The van der Waals surface area contributed by atoms with Crippen molar-refractivity contribution in [3.05, 3.63) is 11.6 Å². The molecule has 0 bridgehead atoms. The predicted octanol–water partition coefficient (Wildman–Crippen LogP) is 3.49. The highest BCUT2D eigenvalue weighted by Crippen LogP contribution is 2.15. The second-order valence-electron chi connectivity index (χ2n) is 4.09. The first-order valence-electron chi connectivity index (χ1n) is 5.69. The zero-order chi connectivity index (χ0) is 11.3. The summed E-state index contributed by atoms with van der Waals surface area (Å²) in [4.78, 5) is 0. The molecule has 0 unspecified atom stereocenters. The zero-order valence-corrected chi connectivity index (χ0v) is 11.4. The normalized spacial score (nSPS) is 11.3. The maximum absolute atomic E-state index is 4.26. The summed E-state index contributed by atoms with van der Waals surface area (Å²) >= 11 is 3.45. The number of hydrogen-bond acceptors (Lipinski definition) is 2. The SMILES string of the molecule is CCCCCc1nnc(CBr)n1C(C)C. The third-order valence-electron chi connectivity index (χ3n) is 2.48. The number of halogens is 1. The molecule has 0 aromatic carbocycles. The third kappa shape index (κ3) is 3.30. The second kappa shape index (κ2) is 6.26. The first-order valence-corrected chi connectivity index (χ1v) is 6.81. The van der Waals surface area contributed by atoms with Crippen LogP contribution >= 0.6 is 15.9 Å². The third-order valence-corrected chi connectivity index (χ3v) is 2.98. The van der Waals surface area contributed by atoms with Crippen LogP contribution in [0.15, 0.2) is 0 Å². The van der Waals surface area contributed by atoms with Gasteiger partial charge in [0.05, 0.1) is 5.33 Å². The van der Waals surface area contributed by atoms with Crippen molar-refractivity contribution in [2.75, 3.05) is 0 Å². The van der Waals surface area contributed by atoms with E-state index in [1.54, 1.807) is 0 Å². The van der Waals surface area contributed by atoms with E-state index in [2.05, 4.69) is 51.5 Å². The van der Waals surface area contributed by atoms with Crippen molar-refractivity contribution in [1.29, 1.82) is 0 Å². The highest BCUT2D eigenvalue weighted by molar-refractivity contribution is 9.08. The minimum absolute atomic E-state index is 0.448. The van der Waals surface area contributed by atoms with E-state index < -0.39 is 0 Å². The highest BCUT2D eigenvalue weighted by Gasteiger charge is 2.12. The number of nitrogens with zero attached hydrogens (tertiary/aromatic N) is 3. The minimum Gasteiger partial charge on any atom is -0.312 e. The van der Waals surface area contributed by atoms with Crippen LogP contribution in [0.2, 0.25) is 0 Å². The van der Waals surface area contributed by atoms with E-state index in [9.17, 15) is 0 Å². The van der Waals surface area contributed by atoms with Crippen molar-refractivity contribution in [3.8, 4) is 0 Å².